The Bertz CT molecular complexity index is 933. The van der Waals surface area contributed by atoms with Crippen LogP contribution in [0, 0.1) is 0 Å². The number of benzene rings is 1. The molecule has 9 nitrogen and oxygen atoms in total. The maximum absolute atomic E-state index is 11.7. The second kappa shape index (κ2) is 9.04. The average molecular weight is 408 g/mol. The van der Waals surface area contributed by atoms with Gasteiger partial charge in [0.25, 0.3) is 0 Å². The Morgan fingerprint density at radius 1 is 1.10 bits per heavy atom. The molecule has 0 radical (unpaired) electrons. The van der Waals surface area contributed by atoms with Gasteiger partial charge in [-0.2, -0.15) is 0 Å². The summed E-state index contributed by atoms with van der Waals surface area (Å²) in [4.78, 5) is 11.7. The molecule has 1 saturated heterocycles. The lowest BCUT2D eigenvalue weighted by molar-refractivity contribution is -0.277. The first-order valence-electron chi connectivity index (χ1n) is 9.15. The minimum atomic E-state index is -1.58. The van der Waals surface area contributed by atoms with Crippen molar-refractivity contribution in [3.63, 3.8) is 0 Å². The number of aliphatic hydroxyl groups is 5. The van der Waals surface area contributed by atoms with Crippen molar-refractivity contribution in [3.05, 3.63) is 51.9 Å². The fraction of sp³-hybridized carbons (Fsp3) is 0.450. The normalized spacial score (nSPS) is 27.9. The number of hydrogen-bond donors (Lipinski definition) is 5. The van der Waals surface area contributed by atoms with Gasteiger partial charge in [-0.1, -0.05) is 11.6 Å². The van der Waals surface area contributed by atoms with E-state index in [4.69, 9.17) is 13.9 Å². The van der Waals surface area contributed by atoms with Crippen LogP contribution in [0.3, 0.4) is 0 Å². The molecule has 0 aliphatic carbocycles. The summed E-state index contributed by atoms with van der Waals surface area (Å²) in [7, 11) is 0. The Hall–Kier alpha value is -2.27. The van der Waals surface area contributed by atoms with Gasteiger partial charge in [0.15, 0.2) is 0 Å². The molecule has 9 heteroatoms. The van der Waals surface area contributed by atoms with Gasteiger partial charge in [0.2, 0.25) is 6.29 Å². The van der Waals surface area contributed by atoms with Crippen LogP contribution in [0.2, 0.25) is 0 Å². The van der Waals surface area contributed by atoms with E-state index in [1.54, 1.807) is 31.2 Å². The number of rotatable bonds is 6. The third kappa shape index (κ3) is 4.50. The molecule has 1 aliphatic rings. The molecule has 0 bridgehead atoms. The Balaban J connectivity index is 2.00. The molecule has 0 unspecified atom stereocenters. The van der Waals surface area contributed by atoms with Gasteiger partial charge in [0, 0.05) is 17.0 Å². The summed E-state index contributed by atoms with van der Waals surface area (Å²) in [5.41, 5.74) is 0.900. The number of ether oxygens (including phenoxy) is 2. The molecule has 1 aliphatic heterocycles. The third-order valence-corrected chi connectivity index (χ3v) is 4.85. The zero-order valence-corrected chi connectivity index (χ0v) is 15.8. The summed E-state index contributed by atoms with van der Waals surface area (Å²) < 4.78 is 16.5. The zero-order valence-electron chi connectivity index (χ0n) is 15.8. The highest BCUT2D eigenvalue weighted by atomic mass is 16.7. The molecule has 1 fully saturated rings. The lowest BCUT2D eigenvalue weighted by Gasteiger charge is -2.39. The highest BCUT2D eigenvalue weighted by molar-refractivity contribution is 5.82. The van der Waals surface area contributed by atoms with Crippen LogP contribution in [-0.2, 0) is 11.2 Å². The molecule has 2 heterocycles. The second-order valence-corrected chi connectivity index (χ2v) is 6.94. The molecule has 0 spiro atoms. The lowest BCUT2D eigenvalue weighted by atomic mass is 9.99. The predicted octanol–water partition coefficient (Wildman–Crippen LogP) is -0.547. The molecular formula is C20H24O9. The van der Waals surface area contributed by atoms with E-state index in [-0.39, 0.29) is 24.4 Å². The Kier molecular flexibility index (Phi) is 6.68. The standard InChI is InChI=1S/C20H24O9/c1-10(8-21)2-5-12-13(6-3-11-4-7-15(23)29-19(11)12)27-20-18(26)17(25)16(24)14(9-22)28-20/h2-4,6-7,14,16-18,20-22,24-26H,5,8-9H2,1H3/t14-,16-,17+,18-,20+/m1/s1. The molecule has 29 heavy (non-hydrogen) atoms. The van der Waals surface area contributed by atoms with Crippen LogP contribution >= 0.6 is 0 Å². The van der Waals surface area contributed by atoms with Crippen LogP contribution in [0.15, 0.2) is 45.1 Å². The van der Waals surface area contributed by atoms with Crippen LogP contribution < -0.4 is 10.4 Å². The molecule has 3 rings (SSSR count). The van der Waals surface area contributed by atoms with E-state index in [0.29, 0.717) is 16.5 Å². The van der Waals surface area contributed by atoms with Crippen molar-refractivity contribution < 1.29 is 39.4 Å². The molecule has 5 N–H and O–H groups in total. The van der Waals surface area contributed by atoms with Gasteiger partial charge in [0.05, 0.1) is 13.2 Å². The van der Waals surface area contributed by atoms with Crippen molar-refractivity contribution in [3.8, 4) is 5.75 Å². The first kappa shape index (κ1) is 21.4. The summed E-state index contributed by atoms with van der Waals surface area (Å²) >= 11 is 0. The van der Waals surface area contributed by atoms with Crippen molar-refractivity contribution in [2.24, 2.45) is 0 Å². The van der Waals surface area contributed by atoms with Crippen molar-refractivity contribution in [1.29, 1.82) is 0 Å². The van der Waals surface area contributed by atoms with Crippen molar-refractivity contribution in [2.75, 3.05) is 13.2 Å². The third-order valence-electron chi connectivity index (χ3n) is 4.85. The first-order chi connectivity index (χ1) is 13.8. The van der Waals surface area contributed by atoms with Gasteiger partial charge < -0.3 is 39.4 Å². The minimum absolute atomic E-state index is 0.141. The van der Waals surface area contributed by atoms with E-state index >= 15 is 0 Å². The van der Waals surface area contributed by atoms with Crippen LogP contribution in [-0.4, -0.2) is 69.5 Å². The van der Waals surface area contributed by atoms with Gasteiger partial charge in [-0.15, -0.1) is 0 Å². The number of allylic oxidation sites excluding steroid dienone is 1. The SMILES string of the molecule is CC(=CCc1c(O[C@H]2O[C@H](CO)[C@@H](O)[C@H](O)[C@H]2O)ccc2ccc(=O)oc12)CO. The van der Waals surface area contributed by atoms with Gasteiger partial charge in [-0.25, -0.2) is 4.79 Å². The number of hydrogen-bond acceptors (Lipinski definition) is 9. The molecule has 2 aromatic rings. The first-order valence-corrected chi connectivity index (χ1v) is 9.15. The van der Waals surface area contributed by atoms with Gasteiger partial charge >= 0.3 is 5.63 Å². The Morgan fingerprint density at radius 3 is 2.52 bits per heavy atom. The zero-order chi connectivity index (χ0) is 21.1. The summed E-state index contributed by atoms with van der Waals surface area (Å²) in [5, 5.41) is 49.3. The van der Waals surface area contributed by atoms with Gasteiger partial charge in [0.1, 0.15) is 35.7 Å². The maximum atomic E-state index is 11.7. The molecule has 0 saturated carbocycles. The smallest absolute Gasteiger partial charge is 0.336 e. The Morgan fingerprint density at radius 2 is 1.83 bits per heavy atom. The van der Waals surface area contributed by atoms with Crippen LogP contribution in [0.1, 0.15) is 12.5 Å². The van der Waals surface area contributed by atoms with Crippen LogP contribution in [0.25, 0.3) is 11.0 Å². The topological polar surface area (TPSA) is 150 Å². The monoisotopic (exact) mass is 408 g/mol. The summed E-state index contributed by atoms with van der Waals surface area (Å²) in [6.07, 6.45) is -5.15. The van der Waals surface area contributed by atoms with Crippen LogP contribution in [0.4, 0.5) is 0 Å². The lowest BCUT2D eigenvalue weighted by Crippen LogP contribution is -2.60. The highest BCUT2D eigenvalue weighted by Crippen LogP contribution is 2.31. The van der Waals surface area contributed by atoms with Gasteiger partial charge in [-0.05, 0) is 31.5 Å². The molecule has 5 atom stereocenters. The predicted molar refractivity (Wildman–Crippen MR) is 101 cm³/mol. The van der Waals surface area contributed by atoms with E-state index in [1.807, 2.05) is 0 Å². The van der Waals surface area contributed by atoms with Crippen molar-refractivity contribution >= 4 is 11.0 Å². The summed E-state index contributed by atoms with van der Waals surface area (Å²) in [6, 6.07) is 6.15. The molecule has 158 valence electrons. The maximum Gasteiger partial charge on any atom is 0.336 e. The highest BCUT2D eigenvalue weighted by Gasteiger charge is 2.44. The Labute approximate surface area is 166 Å². The van der Waals surface area contributed by atoms with E-state index in [2.05, 4.69) is 0 Å². The largest absolute Gasteiger partial charge is 0.462 e. The quantitative estimate of drug-likeness (QED) is 0.313. The minimum Gasteiger partial charge on any atom is -0.462 e. The van der Waals surface area contributed by atoms with E-state index in [9.17, 15) is 30.3 Å². The van der Waals surface area contributed by atoms with Crippen LogP contribution in [0.5, 0.6) is 5.75 Å². The van der Waals surface area contributed by atoms with E-state index in [0.717, 1.165) is 0 Å². The molecular weight excluding hydrogens is 384 g/mol. The number of fused-ring (bicyclic) bond motifs is 1. The fourth-order valence-corrected chi connectivity index (χ4v) is 3.11. The average Bonchev–Trinajstić information content (AvgIpc) is 2.72. The van der Waals surface area contributed by atoms with Gasteiger partial charge in [-0.3, -0.25) is 0 Å². The fourth-order valence-electron chi connectivity index (χ4n) is 3.11. The molecule has 1 aromatic carbocycles. The van der Waals surface area contributed by atoms with E-state index < -0.39 is 42.9 Å². The van der Waals surface area contributed by atoms with Crippen molar-refractivity contribution in [2.45, 2.75) is 44.1 Å². The summed E-state index contributed by atoms with van der Waals surface area (Å²) in [6.45, 7) is 1.01. The molecule has 1 aromatic heterocycles. The second-order valence-electron chi connectivity index (χ2n) is 6.94. The number of aliphatic hydroxyl groups excluding tert-OH is 5. The van der Waals surface area contributed by atoms with E-state index in [1.165, 1.54) is 6.07 Å². The summed E-state index contributed by atoms with van der Waals surface area (Å²) in [5.74, 6) is 0.221. The van der Waals surface area contributed by atoms with Crippen molar-refractivity contribution in [1.82, 2.24) is 0 Å². The molecule has 0 amide bonds.